The Hall–Kier alpha value is -3.39. The molecule has 7 nitrogen and oxygen atoms in total. The van der Waals surface area contributed by atoms with Crippen molar-refractivity contribution in [2.75, 3.05) is 27.4 Å². The Kier molecular flexibility index (Phi) is 6.14. The molecule has 2 aliphatic rings. The lowest BCUT2D eigenvalue weighted by molar-refractivity contribution is -0.140. The monoisotopic (exact) mass is 441 g/mol. The van der Waals surface area contributed by atoms with E-state index in [0.29, 0.717) is 23.7 Å². The van der Waals surface area contributed by atoms with Gasteiger partial charge >= 0.3 is 0 Å². The Balaban J connectivity index is 1.87. The maximum atomic E-state index is 13.6. The topological polar surface area (TPSA) is 85.3 Å². The van der Waals surface area contributed by atoms with E-state index in [2.05, 4.69) is 0 Å². The lowest BCUT2D eigenvalue weighted by Gasteiger charge is -2.27. The Morgan fingerprint density at radius 3 is 2.53 bits per heavy atom. The second-order valence-electron chi connectivity index (χ2n) is 7.70. The Labute approximate surface area is 185 Å². The van der Waals surface area contributed by atoms with Crippen LogP contribution in [-0.4, -0.2) is 55.2 Å². The van der Waals surface area contributed by atoms with Gasteiger partial charge in [0.05, 0.1) is 37.5 Å². The number of aliphatic hydroxyl groups is 1. The number of Topliss-reactive ketones (excluding diaryl/α,β-unsaturated/α-hetero) is 1. The maximum Gasteiger partial charge on any atom is 0.295 e. The molecule has 0 bridgehead atoms. The number of ether oxygens (including phenoxy) is 3. The van der Waals surface area contributed by atoms with Gasteiger partial charge in [0.1, 0.15) is 23.1 Å². The molecule has 8 heteroatoms. The van der Waals surface area contributed by atoms with E-state index in [-0.39, 0.29) is 29.5 Å². The molecule has 168 valence electrons. The predicted octanol–water partition coefficient (Wildman–Crippen LogP) is 3.44. The van der Waals surface area contributed by atoms with Crippen LogP contribution in [0.3, 0.4) is 0 Å². The first-order chi connectivity index (χ1) is 15.4. The van der Waals surface area contributed by atoms with E-state index in [1.165, 1.54) is 49.5 Å². The van der Waals surface area contributed by atoms with Crippen LogP contribution in [0, 0.1) is 5.82 Å². The van der Waals surface area contributed by atoms with Crippen LogP contribution in [0.15, 0.2) is 48.0 Å². The number of halogens is 1. The third-order valence-electron chi connectivity index (χ3n) is 5.81. The second-order valence-corrected chi connectivity index (χ2v) is 7.70. The van der Waals surface area contributed by atoms with Crippen molar-refractivity contribution in [1.82, 2.24) is 4.90 Å². The average Bonchev–Trinajstić information content (AvgIpc) is 3.41. The van der Waals surface area contributed by atoms with Crippen molar-refractivity contribution < 1.29 is 33.3 Å². The molecular formula is C24H24FNO6. The van der Waals surface area contributed by atoms with E-state index < -0.39 is 23.5 Å². The molecule has 0 radical (unpaired) electrons. The minimum Gasteiger partial charge on any atom is -0.507 e. The van der Waals surface area contributed by atoms with Crippen LogP contribution in [0.1, 0.15) is 30.0 Å². The Morgan fingerprint density at radius 1 is 1.16 bits per heavy atom. The van der Waals surface area contributed by atoms with Gasteiger partial charge in [-0.15, -0.1) is 0 Å². The van der Waals surface area contributed by atoms with Crippen molar-refractivity contribution in [2.45, 2.75) is 25.0 Å². The number of rotatable bonds is 6. The molecular weight excluding hydrogens is 417 g/mol. The van der Waals surface area contributed by atoms with Gasteiger partial charge in [-0.25, -0.2) is 4.39 Å². The normalized spacial score (nSPS) is 22.4. The number of nitrogens with zero attached hydrogens (tertiary/aromatic N) is 1. The molecule has 0 aromatic heterocycles. The molecule has 0 aliphatic carbocycles. The van der Waals surface area contributed by atoms with Crippen LogP contribution >= 0.6 is 0 Å². The summed E-state index contributed by atoms with van der Waals surface area (Å²) in [5, 5.41) is 11.2. The van der Waals surface area contributed by atoms with Gasteiger partial charge < -0.3 is 24.2 Å². The van der Waals surface area contributed by atoms with Crippen LogP contribution in [0.2, 0.25) is 0 Å². The third-order valence-corrected chi connectivity index (χ3v) is 5.81. The van der Waals surface area contributed by atoms with Crippen LogP contribution in [0.4, 0.5) is 4.39 Å². The van der Waals surface area contributed by atoms with Crippen LogP contribution < -0.4 is 9.47 Å². The van der Waals surface area contributed by atoms with Crippen LogP contribution in [0.5, 0.6) is 11.5 Å². The number of aliphatic hydroxyl groups excluding tert-OH is 1. The Bertz CT molecular complexity index is 1060. The molecule has 4 rings (SSSR count). The number of amides is 1. The summed E-state index contributed by atoms with van der Waals surface area (Å²) in [4.78, 5) is 27.5. The van der Waals surface area contributed by atoms with Gasteiger partial charge in [0, 0.05) is 13.2 Å². The summed E-state index contributed by atoms with van der Waals surface area (Å²) in [5.74, 6) is -1.63. The summed E-state index contributed by atoms with van der Waals surface area (Å²) >= 11 is 0. The van der Waals surface area contributed by atoms with Crippen molar-refractivity contribution >= 4 is 17.4 Å². The number of likely N-dealkylation sites (tertiary alicyclic amines) is 1. The fourth-order valence-corrected chi connectivity index (χ4v) is 4.21. The molecule has 2 aliphatic heterocycles. The molecule has 0 saturated carbocycles. The van der Waals surface area contributed by atoms with E-state index in [9.17, 15) is 19.1 Å². The number of carbonyl (C=O) groups excluding carboxylic acids is 2. The fourth-order valence-electron chi connectivity index (χ4n) is 4.21. The van der Waals surface area contributed by atoms with Gasteiger partial charge in [0.15, 0.2) is 0 Å². The zero-order valence-electron chi connectivity index (χ0n) is 17.8. The zero-order valence-corrected chi connectivity index (χ0v) is 17.8. The highest BCUT2D eigenvalue weighted by molar-refractivity contribution is 6.46. The van der Waals surface area contributed by atoms with Gasteiger partial charge in [0.2, 0.25) is 0 Å². The van der Waals surface area contributed by atoms with Gasteiger partial charge in [-0.1, -0.05) is 12.1 Å². The van der Waals surface area contributed by atoms with Crippen LogP contribution in [-0.2, 0) is 14.3 Å². The SMILES string of the molecule is COc1ccc(OC)c(/C(O)=C2\C(=O)C(=O)N(CC3CCCO3)C2c2ccc(F)cc2)c1. The number of hydrogen-bond acceptors (Lipinski definition) is 6. The minimum atomic E-state index is -0.893. The molecule has 2 aromatic carbocycles. The Morgan fingerprint density at radius 2 is 1.91 bits per heavy atom. The van der Waals surface area contributed by atoms with E-state index in [4.69, 9.17) is 14.2 Å². The number of methoxy groups -OCH3 is 2. The second kappa shape index (κ2) is 9.00. The average molecular weight is 441 g/mol. The third kappa shape index (κ3) is 3.93. The summed E-state index contributed by atoms with van der Waals surface area (Å²) < 4.78 is 29.9. The fraction of sp³-hybridized carbons (Fsp3) is 0.333. The van der Waals surface area contributed by atoms with Gasteiger partial charge in [-0.2, -0.15) is 0 Å². The number of benzene rings is 2. The van der Waals surface area contributed by atoms with E-state index in [0.717, 1.165) is 12.8 Å². The molecule has 2 fully saturated rings. The first-order valence-electron chi connectivity index (χ1n) is 10.3. The summed E-state index contributed by atoms with van der Waals surface area (Å²) in [7, 11) is 2.91. The van der Waals surface area contributed by atoms with Crippen molar-refractivity contribution in [1.29, 1.82) is 0 Å². The summed E-state index contributed by atoms with van der Waals surface area (Å²) in [5.41, 5.74) is 0.632. The molecule has 2 aromatic rings. The van der Waals surface area contributed by atoms with Gasteiger partial charge in [-0.05, 0) is 48.7 Å². The summed E-state index contributed by atoms with van der Waals surface area (Å²) in [6.45, 7) is 0.787. The highest BCUT2D eigenvalue weighted by Gasteiger charge is 2.47. The molecule has 1 amide bonds. The van der Waals surface area contributed by atoms with E-state index in [1.807, 2.05) is 0 Å². The number of carbonyl (C=O) groups is 2. The van der Waals surface area contributed by atoms with Crippen molar-refractivity contribution in [2.24, 2.45) is 0 Å². The molecule has 2 saturated heterocycles. The van der Waals surface area contributed by atoms with E-state index in [1.54, 1.807) is 12.1 Å². The lowest BCUT2D eigenvalue weighted by atomic mass is 9.94. The van der Waals surface area contributed by atoms with E-state index >= 15 is 0 Å². The molecule has 2 atom stereocenters. The summed E-state index contributed by atoms with van der Waals surface area (Å²) in [6, 6.07) is 9.42. The quantitative estimate of drug-likeness (QED) is 0.420. The largest absolute Gasteiger partial charge is 0.507 e. The molecule has 2 unspecified atom stereocenters. The van der Waals surface area contributed by atoms with Gasteiger partial charge in [-0.3, -0.25) is 9.59 Å². The standard InChI is InChI=1S/C24H24FNO6/c1-30-16-9-10-19(31-2)18(12-16)22(27)20-21(14-5-7-15(25)8-6-14)26(24(29)23(20)28)13-17-4-3-11-32-17/h5-10,12,17,21,27H,3-4,11,13H2,1-2H3/b22-20+. The number of ketones is 1. The first kappa shape index (κ1) is 21.8. The van der Waals surface area contributed by atoms with Crippen molar-refractivity contribution in [3.63, 3.8) is 0 Å². The predicted molar refractivity (Wildman–Crippen MR) is 114 cm³/mol. The maximum absolute atomic E-state index is 13.6. The summed E-state index contributed by atoms with van der Waals surface area (Å²) in [6.07, 6.45) is 1.43. The molecule has 1 N–H and O–H groups in total. The van der Waals surface area contributed by atoms with Gasteiger partial charge in [0.25, 0.3) is 11.7 Å². The zero-order chi connectivity index (χ0) is 22.8. The van der Waals surface area contributed by atoms with Crippen LogP contribution in [0.25, 0.3) is 5.76 Å². The minimum absolute atomic E-state index is 0.0915. The first-order valence-corrected chi connectivity index (χ1v) is 10.3. The number of hydrogen-bond donors (Lipinski definition) is 1. The highest BCUT2D eigenvalue weighted by atomic mass is 19.1. The molecule has 0 spiro atoms. The van der Waals surface area contributed by atoms with Crippen molar-refractivity contribution in [3.8, 4) is 11.5 Å². The van der Waals surface area contributed by atoms with Crippen molar-refractivity contribution in [3.05, 3.63) is 65.0 Å². The molecule has 32 heavy (non-hydrogen) atoms. The smallest absolute Gasteiger partial charge is 0.295 e. The lowest BCUT2D eigenvalue weighted by Crippen LogP contribution is -2.36. The molecule has 2 heterocycles. The highest BCUT2D eigenvalue weighted by Crippen LogP contribution is 2.42.